The van der Waals surface area contributed by atoms with Gasteiger partial charge < -0.3 is 5.32 Å². The van der Waals surface area contributed by atoms with Gasteiger partial charge in [-0.3, -0.25) is 10.3 Å². The van der Waals surface area contributed by atoms with Gasteiger partial charge in [-0.2, -0.15) is 0 Å². The van der Waals surface area contributed by atoms with Crippen molar-refractivity contribution in [1.82, 2.24) is 9.97 Å². The fourth-order valence-corrected chi connectivity index (χ4v) is 1.94. The minimum atomic E-state index is -0.336. The topological polar surface area (TPSA) is 66.9 Å². The van der Waals surface area contributed by atoms with E-state index in [1.165, 1.54) is 12.4 Å². The first-order chi connectivity index (χ1) is 8.79. The summed E-state index contributed by atoms with van der Waals surface area (Å²) in [5.41, 5.74) is 0.770. The van der Waals surface area contributed by atoms with Crippen molar-refractivity contribution in [1.29, 1.82) is 0 Å². The summed E-state index contributed by atoms with van der Waals surface area (Å²) in [6.07, 6.45) is 6.51. The number of rotatable bonds is 3. The zero-order valence-electron chi connectivity index (χ0n) is 9.75. The van der Waals surface area contributed by atoms with Gasteiger partial charge in [-0.25, -0.2) is 9.78 Å². The van der Waals surface area contributed by atoms with Gasteiger partial charge in [0.25, 0.3) is 0 Å². The van der Waals surface area contributed by atoms with Crippen LogP contribution in [0.2, 0.25) is 0 Å². The highest BCUT2D eigenvalue weighted by molar-refractivity contribution is 7.98. The van der Waals surface area contributed by atoms with Crippen molar-refractivity contribution in [3.8, 4) is 0 Å². The maximum Gasteiger partial charge on any atom is 0.324 e. The van der Waals surface area contributed by atoms with Crippen LogP contribution in [0, 0.1) is 0 Å². The first-order valence-electron chi connectivity index (χ1n) is 5.26. The van der Waals surface area contributed by atoms with Crippen LogP contribution in [0.25, 0.3) is 0 Å². The van der Waals surface area contributed by atoms with Crippen molar-refractivity contribution < 1.29 is 4.79 Å². The third kappa shape index (κ3) is 3.21. The third-order valence-corrected chi connectivity index (χ3v) is 2.96. The number of urea groups is 1. The predicted octanol–water partition coefficient (Wildman–Crippen LogP) is 2.84. The Morgan fingerprint density at radius 2 is 2.06 bits per heavy atom. The molecule has 0 atom stereocenters. The molecule has 92 valence electrons. The zero-order chi connectivity index (χ0) is 12.8. The second-order valence-corrected chi connectivity index (χ2v) is 4.22. The van der Waals surface area contributed by atoms with Crippen LogP contribution in [-0.4, -0.2) is 22.3 Å². The predicted molar refractivity (Wildman–Crippen MR) is 72.9 cm³/mol. The lowest BCUT2D eigenvalue weighted by atomic mass is 10.3. The molecule has 0 aliphatic rings. The molecule has 0 aliphatic heterocycles. The average Bonchev–Trinajstić information content (AvgIpc) is 2.40. The molecule has 0 spiro atoms. The second-order valence-electron chi connectivity index (χ2n) is 3.37. The minimum Gasteiger partial charge on any atom is -0.307 e. The quantitative estimate of drug-likeness (QED) is 0.833. The van der Waals surface area contributed by atoms with Crippen LogP contribution in [0.5, 0.6) is 0 Å². The lowest BCUT2D eigenvalue weighted by Gasteiger charge is -2.09. The number of hydrogen-bond acceptors (Lipinski definition) is 4. The van der Waals surface area contributed by atoms with Crippen molar-refractivity contribution in [3.05, 3.63) is 42.9 Å². The molecule has 1 heterocycles. The standard InChI is InChI=1S/C12H12N4OS/c1-18-10-5-3-2-4-9(10)15-12(17)16-11-8-13-6-7-14-11/h2-8H,1H3,(H2,14,15,16,17). The number of anilines is 2. The van der Waals surface area contributed by atoms with Gasteiger partial charge in [-0.15, -0.1) is 11.8 Å². The van der Waals surface area contributed by atoms with E-state index < -0.39 is 0 Å². The molecule has 2 rings (SSSR count). The smallest absolute Gasteiger partial charge is 0.307 e. The Balaban J connectivity index is 2.03. The van der Waals surface area contributed by atoms with Gasteiger partial charge in [0, 0.05) is 17.3 Å². The normalized spacial score (nSPS) is 9.83. The summed E-state index contributed by atoms with van der Waals surface area (Å²) in [5, 5.41) is 5.38. The van der Waals surface area contributed by atoms with Gasteiger partial charge >= 0.3 is 6.03 Å². The van der Waals surface area contributed by atoms with E-state index in [0.717, 1.165) is 10.6 Å². The molecule has 1 aromatic carbocycles. The van der Waals surface area contributed by atoms with Gasteiger partial charge in [0.15, 0.2) is 5.82 Å². The Morgan fingerprint density at radius 3 is 2.78 bits per heavy atom. The molecular formula is C12H12N4OS. The Morgan fingerprint density at radius 1 is 1.22 bits per heavy atom. The van der Waals surface area contributed by atoms with Crippen LogP contribution in [0.1, 0.15) is 0 Å². The van der Waals surface area contributed by atoms with E-state index in [1.807, 2.05) is 30.5 Å². The monoisotopic (exact) mass is 260 g/mol. The van der Waals surface area contributed by atoms with E-state index in [1.54, 1.807) is 18.0 Å². The van der Waals surface area contributed by atoms with Crippen molar-refractivity contribution in [2.24, 2.45) is 0 Å². The molecular weight excluding hydrogens is 248 g/mol. The van der Waals surface area contributed by atoms with Crippen molar-refractivity contribution in [3.63, 3.8) is 0 Å². The largest absolute Gasteiger partial charge is 0.324 e. The third-order valence-electron chi connectivity index (χ3n) is 2.16. The maximum absolute atomic E-state index is 11.8. The Kier molecular flexibility index (Phi) is 4.14. The molecule has 5 nitrogen and oxygen atoms in total. The molecule has 0 bridgehead atoms. The first kappa shape index (κ1) is 12.4. The molecule has 1 aromatic heterocycles. The van der Waals surface area contributed by atoms with Crippen LogP contribution in [-0.2, 0) is 0 Å². The van der Waals surface area contributed by atoms with E-state index in [0.29, 0.717) is 5.82 Å². The van der Waals surface area contributed by atoms with Gasteiger partial charge in [0.05, 0.1) is 11.9 Å². The molecule has 18 heavy (non-hydrogen) atoms. The number of nitrogens with zero attached hydrogens (tertiary/aromatic N) is 2. The number of hydrogen-bond donors (Lipinski definition) is 2. The van der Waals surface area contributed by atoms with Crippen LogP contribution < -0.4 is 10.6 Å². The number of carbonyl (C=O) groups is 1. The lowest BCUT2D eigenvalue weighted by Crippen LogP contribution is -2.20. The molecule has 0 saturated heterocycles. The number of aromatic nitrogens is 2. The van der Waals surface area contributed by atoms with Gasteiger partial charge in [-0.05, 0) is 18.4 Å². The van der Waals surface area contributed by atoms with E-state index in [4.69, 9.17) is 0 Å². The highest BCUT2D eigenvalue weighted by Crippen LogP contribution is 2.24. The molecule has 2 amide bonds. The van der Waals surface area contributed by atoms with E-state index in [-0.39, 0.29) is 6.03 Å². The molecule has 0 unspecified atom stereocenters. The summed E-state index contributed by atoms with van der Waals surface area (Å²) in [5.74, 6) is 0.414. The Hall–Kier alpha value is -2.08. The molecule has 0 radical (unpaired) electrons. The van der Waals surface area contributed by atoms with Gasteiger partial charge in [0.2, 0.25) is 0 Å². The number of thioether (sulfide) groups is 1. The van der Waals surface area contributed by atoms with Crippen LogP contribution in [0.3, 0.4) is 0 Å². The first-order valence-corrected chi connectivity index (χ1v) is 6.49. The fraction of sp³-hybridized carbons (Fsp3) is 0.0833. The number of carbonyl (C=O) groups excluding carboxylic acids is 1. The van der Waals surface area contributed by atoms with Gasteiger partial charge in [0.1, 0.15) is 0 Å². The number of benzene rings is 1. The second kappa shape index (κ2) is 6.02. The maximum atomic E-state index is 11.8. The number of amides is 2. The highest BCUT2D eigenvalue weighted by Gasteiger charge is 2.06. The van der Waals surface area contributed by atoms with E-state index in [9.17, 15) is 4.79 Å². The summed E-state index contributed by atoms with van der Waals surface area (Å²) >= 11 is 1.57. The minimum absolute atomic E-state index is 0.336. The SMILES string of the molecule is CSc1ccccc1NC(=O)Nc1cnccn1. The van der Waals surface area contributed by atoms with Gasteiger partial charge in [-0.1, -0.05) is 12.1 Å². The summed E-state index contributed by atoms with van der Waals surface area (Å²) < 4.78 is 0. The van der Waals surface area contributed by atoms with E-state index in [2.05, 4.69) is 20.6 Å². The van der Waals surface area contributed by atoms with E-state index >= 15 is 0 Å². The van der Waals surface area contributed by atoms with Crippen molar-refractivity contribution >= 4 is 29.3 Å². The summed E-state index contributed by atoms with van der Waals surface area (Å²) in [4.78, 5) is 20.6. The number of nitrogens with one attached hydrogen (secondary N) is 2. The molecule has 0 saturated carbocycles. The Labute approximate surface area is 109 Å². The summed E-state index contributed by atoms with van der Waals surface area (Å²) in [6.45, 7) is 0. The van der Waals surface area contributed by atoms with Crippen LogP contribution in [0.4, 0.5) is 16.3 Å². The molecule has 0 aliphatic carbocycles. The summed E-state index contributed by atoms with van der Waals surface area (Å²) in [7, 11) is 0. The number of para-hydroxylation sites is 1. The lowest BCUT2D eigenvalue weighted by molar-refractivity contribution is 0.262. The summed E-state index contributed by atoms with van der Waals surface area (Å²) in [6, 6.07) is 7.26. The Bertz CT molecular complexity index is 533. The van der Waals surface area contributed by atoms with Crippen molar-refractivity contribution in [2.75, 3.05) is 16.9 Å². The average molecular weight is 260 g/mol. The molecule has 2 N–H and O–H groups in total. The molecule has 0 fully saturated rings. The molecule has 2 aromatic rings. The van der Waals surface area contributed by atoms with Crippen LogP contribution in [0.15, 0.2) is 47.8 Å². The van der Waals surface area contributed by atoms with Crippen molar-refractivity contribution in [2.45, 2.75) is 4.90 Å². The molecule has 6 heteroatoms. The highest BCUT2D eigenvalue weighted by atomic mass is 32.2. The van der Waals surface area contributed by atoms with Crippen LogP contribution >= 0.6 is 11.8 Å². The zero-order valence-corrected chi connectivity index (χ0v) is 10.6. The fourth-order valence-electron chi connectivity index (χ4n) is 1.38.